The number of nitrogens with zero attached hydrogens (tertiary/aromatic N) is 1. The summed E-state index contributed by atoms with van der Waals surface area (Å²) in [5, 5.41) is 12.7. The highest BCUT2D eigenvalue weighted by molar-refractivity contribution is 7.17. The average Bonchev–Trinajstić information content (AvgIpc) is 3.24. The van der Waals surface area contributed by atoms with Crippen molar-refractivity contribution in [2.24, 2.45) is 5.73 Å². The zero-order valence-electron chi connectivity index (χ0n) is 16.1. The van der Waals surface area contributed by atoms with Crippen LogP contribution in [-0.4, -0.2) is 17.9 Å². The van der Waals surface area contributed by atoms with Gasteiger partial charge in [-0.1, -0.05) is 6.07 Å². The van der Waals surface area contributed by atoms with E-state index in [1.165, 1.54) is 11.3 Å². The van der Waals surface area contributed by atoms with Crippen LogP contribution >= 0.6 is 11.3 Å². The summed E-state index contributed by atoms with van der Waals surface area (Å²) in [5.74, 6) is -0.249. The van der Waals surface area contributed by atoms with Crippen molar-refractivity contribution in [3.63, 3.8) is 0 Å². The molecule has 6 nitrogen and oxygen atoms in total. The Morgan fingerprint density at radius 2 is 2.14 bits per heavy atom. The van der Waals surface area contributed by atoms with Gasteiger partial charge < -0.3 is 15.8 Å². The van der Waals surface area contributed by atoms with Crippen LogP contribution in [0.15, 0.2) is 23.8 Å². The molecule has 29 heavy (non-hydrogen) atoms. The monoisotopic (exact) mass is 407 g/mol. The van der Waals surface area contributed by atoms with Crippen LogP contribution in [0.4, 0.5) is 5.00 Å². The number of rotatable bonds is 4. The number of aryl methyl sites for hydroxylation is 1. The van der Waals surface area contributed by atoms with Gasteiger partial charge in [0, 0.05) is 11.3 Å². The molecule has 1 aliphatic heterocycles. The van der Waals surface area contributed by atoms with E-state index in [0.717, 1.165) is 59.4 Å². The van der Waals surface area contributed by atoms with Gasteiger partial charge in [-0.15, -0.1) is 11.3 Å². The normalized spacial score (nSPS) is 17.7. The first-order valence-electron chi connectivity index (χ1n) is 9.63. The molecule has 0 spiro atoms. The van der Waals surface area contributed by atoms with Gasteiger partial charge in [0.15, 0.2) is 0 Å². The van der Waals surface area contributed by atoms with Crippen molar-refractivity contribution in [1.82, 2.24) is 0 Å². The molecule has 7 heteroatoms. The molecule has 2 heterocycles. The lowest BCUT2D eigenvalue weighted by Crippen LogP contribution is -2.19. The van der Waals surface area contributed by atoms with Crippen LogP contribution in [0.5, 0.6) is 5.75 Å². The van der Waals surface area contributed by atoms with Crippen molar-refractivity contribution in [3.05, 3.63) is 50.9 Å². The molecule has 1 aromatic carbocycles. The quantitative estimate of drug-likeness (QED) is 0.597. The number of anilines is 1. The number of fused-ring (bicyclic) bond motifs is 2. The van der Waals surface area contributed by atoms with E-state index in [2.05, 4.69) is 5.32 Å². The Bertz CT molecular complexity index is 1080. The van der Waals surface area contributed by atoms with Crippen LogP contribution in [0, 0.1) is 11.3 Å². The van der Waals surface area contributed by atoms with Gasteiger partial charge in [-0.2, -0.15) is 5.26 Å². The molecule has 4 rings (SSSR count). The molecule has 2 amide bonds. The number of carbonyl (C=O) groups is 2. The SMILES string of the molecule is C[C@@H]1Cc2cc(/C=C(/C#N)C(=O)Nc3sc4c(c3C(N)=O)CCCC4)ccc2O1. The highest BCUT2D eigenvalue weighted by atomic mass is 32.1. The highest BCUT2D eigenvalue weighted by Crippen LogP contribution is 2.38. The lowest BCUT2D eigenvalue weighted by atomic mass is 9.95. The molecule has 1 aromatic heterocycles. The van der Waals surface area contributed by atoms with Crippen molar-refractivity contribution in [3.8, 4) is 11.8 Å². The Morgan fingerprint density at radius 3 is 2.90 bits per heavy atom. The summed E-state index contributed by atoms with van der Waals surface area (Å²) in [7, 11) is 0. The standard InChI is InChI=1S/C22H21N3O3S/c1-12-8-14-9-13(6-7-17(14)28-12)10-15(11-23)21(27)25-22-19(20(24)26)16-4-2-3-5-18(16)29-22/h6-7,9-10,12H,2-5,8H2,1H3,(H2,24,26)(H,25,27)/b15-10-/t12-/m1/s1. The summed E-state index contributed by atoms with van der Waals surface area (Å²) in [6, 6.07) is 7.57. The molecule has 3 N–H and O–H groups in total. The van der Waals surface area contributed by atoms with E-state index in [1.807, 2.05) is 31.2 Å². The number of nitrogens with two attached hydrogens (primary N) is 1. The Kier molecular flexibility index (Phi) is 5.12. The van der Waals surface area contributed by atoms with Crippen LogP contribution in [0.1, 0.15) is 51.7 Å². The second-order valence-corrected chi connectivity index (χ2v) is 8.51. The third-order valence-electron chi connectivity index (χ3n) is 5.24. The van der Waals surface area contributed by atoms with E-state index in [9.17, 15) is 14.9 Å². The van der Waals surface area contributed by atoms with Gasteiger partial charge in [0.1, 0.15) is 28.5 Å². The smallest absolute Gasteiger partial charge is 0.266 e. The van der Waals surface area contributed by atoms with E-state index in [1.54, 1.807) is 6.08 Å². The molecular weight excluding hydrogens is 386 g/mol. The van der Waals surface area contributed by atoms with Crippen LogP contribution in [0.25, 0.3) is 6.08 Å². The summed E-state index contributed by atoms with van der Waals surface area (Å²) in [6.45, 7) is 2.00. The molecule has 148 valence electrons. The van der Waals surface area contributed by atoms with Gasteiger partial charge in [-0.25, -0.2) is 0 Å². The van der Waals surface area contributed by atoms with Crippen LogP contribution in [0.2, 0.25) is 0 Å². The Hall–Kier alpha value is -3.11. The van der Waals surface area contributed by atoms with Gasteiger partial charge >= 0.3 is 0 Å². The summed E-state index contributed by atoms with van der Waals surface area (Å²) in [5.41, 5.74) is 8.70. The third-order valence-corrected chi connectivity index (χ3v) is 6.45. The molecule has 1 atom stereocenters. The number of nitrogens with one attached hydrogen (secondary N) is 1. The Balaban J connectivity index is 1.60. The summed E-state index contributed by atoms with van der Waals surface area (Å²) in [4.78, 5) is 25.8. The van der Waals surface area contributed by atoms with E-state index in [-0.39, 0.29) is 11.7 Å². The Morgan fingerprint density at radius 1 is 1.34 bits per heavy atom. The predicted molar refractivity (Wildman–Crippen MR) is 112 cm³/mol. The fourth-order valence-electron chi connectivity index (χ4n) is 3.93. The maximum atomic E-state index is 12.7. The zero-order valence-corrected chi connectivity index (χ0v) is 16.9. The second kappa shape index (κ2) is 7.72. The van der Waals surface area contributed by atoms with Gasteiger partial charge in [-0.3, -0.25) is 9.59 Å². The fraction of sp³-hybridized carbons (Fsp3) is 0.318. The fourth-order valence-corrected chi connectivity index (χ4v) is 5.22. The van der Waals surface area contributed by atoms with Crippen molar-refractivity contribution in [2.45, 2.75) is 45.1 Å². The number of primary amides is 1. The molecule has 0 fully saturated rings. The molecule has 2 aliphatic rings. The number of ether oxygens (including phenoxy) is 1. The molecule has 0 unspecified atom stereocenters. The highest BCUT2D eigenvalue weighted by Gasteiger charge is 2.26. The maximum Gasteiger partial charge on any atom is 0.266 e. The first-order valence-corrected chi connectivity index (χ1v) is 10.4. The van der Waals surface area contributed by atoms with Crippen LogP contribution < -0.4 is 15.8 Å². The minimum Gasteiger partial charge on any atom is -0.490 e. The van der Waals surface area contributed by atoms with Crippen LogP contribution in [-0.2, 0) is 24.1 Å². The first kappa shape index (κ1) is 19.2. The molecule has 0 bridgehead atoms. The number of hydrogen-bond acceptors (Lipinski definition) is 5. The lowest BCUT2D eigenvalue weighted by molar-refractivity contribution is -0.112. The predicted octanol–water partition coefficient (Wildman–Crippen LogP) is 3.59. The number of amides is 2. The van der Waals surface area contributed by atoms with Gasteiger partial charge in [-0.05, 0) is 67.5 Å². The number of thiophene rings is 1. The van der Waals surface area contributed by atoms with E-state index in [0.29, 0.717) is 10.6 Å². The second-order valence-electron chi connectivity index (χ2n) is 7.40. The molecule has 2 aromatic rings. The van der Waals surface area contributed by atoms with E-state index < -0.39 is 11.8 Å². The molecule has 0 saturated heterocycles. The maximum absolute atomic E-state index is 12.7. The van der Waals surface area contributed by atoms with Crippen molar-refractivity contribution in [1.29, 1.82) is 5.26 Å². The zero-order chi connectivity index (χ0) is 20.5. The van der Waals surface area contributed by atoms with E-state index in [4.69, 9.17) is 10.5 Å². The minimum absolute atomic E-state index is 0.0290. The summed E-state index contributed by atoms with van der Waals surface area (Å²) in [6.07, 6.45) is 6.21. The number of nitriles is 1. The number of carbonyl (C=O) groups excluding carboxylic acids is 2. The van der Waals surface area contributed by atoms with Crippen LogP contribution in [0.3, 0.4) is 0 Å². The van der Waals surface area contributed by atoms with E-state index >= 15 is 0 Å². The first-order chi connectivity index (χ1) is 14.0. The number of benzene rings is 1. The van der Waals surface area contributed by atoms with Crippen molar-refractivity contribution < 1.29 is 14.3 Å². The molecule has 0 radical (unpaired) electrons. The average molecular weight is 407 g/mol. The summed E-state index contributed by atoms with van der Waals surface area (Å²) < 4.78 is 5.69. The number of hydrogen-bond donors (Lipinski definition) is 2. The molecule has 1 aliphatic carbocycles. The summed E-state index contributed by atoms with van der Waals surface area (Å²) >= 11 is 1.38. The van der Waals surface area contributed by atoms with Gasteiger partial charge in [0.2, 0.25) is 0 Å². The van der Waals surface area contributed by atoms with Gasteiger partial charge in [0.05, 0.1) is 5.56 Å². The third kappa shape index (κ3) is 3.76. The molecular formula is C22H21N3O3S. The Labute approximate surface area is 173 Å². The van der Waals surface area contributed by atoms with Crippen molar-refractivity contribution in [2.75, 3.05) is 5.32 Å². The van der Waals surface area contributed by atoms with Crippen molar-refractivity contribution >= 4 is 34.2 Å². The topological polar surface area (TPSA) is 105 Å². The lowest BCUT2D eigenvalue weighted by Gasteiger charge is -2.11. The minimum atomic E-state index is -0.546. The molecule has 0 saturated carbocycles. The van der Waals surface area contributed by atoms with Gasteiger partial charge in [0.25, 0.3) is 11.8 Å². The largest absolute Gasteiger partial charge is 0.490 e.